The Bertz CT molecular complexity index is 859. The first-order chi connectivity index (χ1) is 12.1. The van der Waals surface area contributed by atoms with Gasteiger partial charge in [-0.15, -0.1) is 11.3 Å². The fourth-order valence-corrected chi connectivity index (χ4v) is 3.34. The molecule has 0 radical (unpaired) electrons. The van der Waals surface area contributed by atoms with Crippen molar-refractivity contribution >= 4 is 45.9 Å². The van der Waals surface area contributed by atoms with E-state index < -0.39 is 0 Å². The molecule has 0 atom stereocenters. The van der Waals surface area contributed by atoms with Gasteiger partial charge in [-0.3, -0.25) is 4.79 Å². The summed E-state index contributed by atoms with van der Waals surface area (Å²) in [5, 5.41) is 14.1. The summed E-state index contributed by atoms with van der Waals surface area (Å²) in [6.45, 7) is 5.17. The molecule has 1 amide bonds. The highest BCUT2D eigenvalue weighted by atomic mass is 32.2. The Labute approximate surface area is 154 Å². The molecule has 0 aliphatic rings. The van der Waals surface area contributed by atoms with E-state index in [2.05, 4.69) is 39.5 Å². The Morgan fingerprint density at radius 3 is 2.92 bits per heavy atom. The van der Waals surface area contributed by atoms with Crippen LogP contribution in [0, 0.1) is 0 Å². The highest BCUT2D eigenvalue weighted by Crippen LogP contribution is 2.23. The zero-order valence-corrected chi connectivity index (χ0v) is 15.9. The summed E-state index contributed by atoms with van der Waals surface area (Å²) in [4.78, 5) is 21.8. The number of rotatable bonds is 7. The molecule has 3 heterocycles. The fourth-order valence-electron chi connectivity index (χ4n) is 2.34. The van der Waals surface area contributed by atoms with Gasteiger partial charge in [0.15, 0.2) is 10.8 Å². The van der Waals surface area contributed by atoms with E-state index in [9.17, 15) is 4.79 Å². The zero-order chi connectivity index (χ0) is 17.8. The highest BCUT2D eigenvalue weighted by Gasteiger charge is 2.14. The standard InChI is InChI=1S/C16H20N6OS2/c1-10(2)19-13-11-9-18-22(14(11)21-16(20-13)24-3)7-6-17-15(23)12-5-4-8-25-12/h4-5,8-10H,6-7H2,1-3H3,(H,17,23)(H,19,20,21). The predicted octanol–water partition coefficient (Wildman–Crippen LogP) is 2.86. The number of nitrogens with one attached hydrogen (secondary N) is 2. The van der Waals surface area contributed by atoms with E-state index in [1.807, 2.05) is 23.8 Å². The molecule has 3 aromatic rings. The van der Waals surface area contributed by atoms with Gasteiger partial charge < -0.3 is 10.6 Å². The third kappa shape index (κ3) is 4.10. The summed E-state index contributed by atoms with van der Waals surface area (Å²) in [6.07, 6.45) is 3.72. The van der Waals surface area contributed by atoms with Crippen LogP contribution in [-0.2, 0) is 6.54 Å². The average molecular weight is 377 g/mol. The molecule has 0 aromatic carbocycles. The minimum Gasteiger partial charge on any atom is -0.367 e. The summed E-state index contributed by atoms with van der Waals surface area (Å²) in [5.74, 6) is 0.728. The minimum atomic E-state index is -0.0620. The fraction of sp³-hybridized carbons (Fsp3) is 0.375. The van der Waals surface area contributed by atoms with Crippen LogP contribution in [0.3, 0.4) is 0 Å². The molecule has 0 saturated carbocycles. The van der Waals surface area contributed by atoms with Crippen LogP contribution < -0.4 is 10.6 Å². The van der Waals surface area contributed by atoms with Crippen LogP contribution in [0.1, 0.15) is 23.5 Å². The van der Waals surface area contributed by atoms with Crippen LogP contribution >= 0.6 is 23.1 Å². The van der Waals surface area contributed by atoms with E-state index in [-0.39, 0.29) is 11.9 Å². The van der Waals surface area contributed by atoms with Crippen molar-refractivity contribution in [1.29, 1.82) is 0 Å². The van der Waals surface area contributed by atoms with Gasteiger partial charge in [-0.1, -0.05) is 17.8 Å². The van der Waals surface area contributed by atoms with E-state index in [0.29, 0.717) is 23.1 Å². The van der Waals surface area contributed by atoms with Crippen molar-refractivity contribution in [3.05, 3.63) is 28.6 Å². The molecule has 3 aromatic heterocycles. The van der Waals surface area contributed by atoms with Crippen molar-refractivity contribution in [3.8, 4) is 0 Å². The molecule has 0 unspecified atom stereocenters. The summed E-state index contributed by atoms with van der Waals surface area (Å²) in [6, 6.07) is 3.94. The number of nitrogens with zero attached hydrogens (tertiary/aromatic N) is 4. The number of amides is 1. The maximum atomic E-state index is 12.0. The first-order valence-corrected chi connectivity index (χ1v) is 10.0. The molecule has 0 spiro atoms. The van der Waals surface area contributed by atoms with Crippen LogP contribution in [0.4, 0.5) is 5.82 Å². The van der Waals surface area contributed by atoms with Crippen LogP contribution in [0.5, 0.6) is 0 Å². The molecule has 25 heavy (non-hydrogen) atoms. The van der Waals surface area contributed by atoms with Crippen molar-refractivity contribution in [1.82, 2.24) is 25.1 Å². The highest BCUT2D eigenvalue weighted by molar-refractivity contribution is 7.98. The number of thiophene rings is 1. The normalized spacial score (nSPS) is 11.2. The number of fused-ring (bicyclic) bond motifs is 1. The number of hydrogen-bond acceptors (Lipinski definition) is 7. The Morgan fingerprint density at radius 1 is 1.40 bits per heavy atom. The van der Waals surface area contributed by atoms with Gasteiger partial charge in [0.2, 0.25) is 0 Å². The molecule has 0 aliphatic heterocycles. The number of carbonyl (C=O) groups is 1. The third-order valence-corrected chi connectivity index (χ3v) is 4.85. The molecule has 0 bridgehead atoms. The first kappa shape index (κ1) is 17.7. The molecule has 9 heteroatoms. The topological polar surface area (TPSA) is 84.7 Å². The monoisotopic (exact) mass is 376 g/mol. The van der Waals surface area contributed by atoms with E-state index >= 15 is 0 Å². The minimum absolute atomic E-state index is 0.0620. The molecular weight excluding hydrogens is 356 g/mol. The molecule has 0 aliphatic carbocycles. The Kier molecular flexibility index (Phi) is 5.54. The molecule has 2 N–H and O–H groups in total. The van der Waals surface area contributed by atoms with Crippen LogP contribution in [0.2, 0.25) is 0 Å². The lowest BCUT2D eigenvalue weighted by atomic mass is 10.3. The molecule has 0 fully saturated rings. The second kappa shape index (κ2) is 7.83. The third-order valence-electron chi connectivity index (χ3n) is 3.44. The summed E-state index contributed by atoms with van der Waals surface area (Å²) in [5.41, 5.74) is 0.771. The second-order valence-corrected chi connectivity index (χ2v) is 7.42. The van der Waals surface area contributed by atoms with Crippen LogP contribution in [0.25, 0.3) is 11.0 Å². The number of aromatic nitrogens is 4. The van der Waals surface area contributed by atoms with E-state index in [0.717, 1.165) is 16.9 Å². The van der Waals surface area contributed by atoms with Crippen LogP contribution in [-0.4, -0.2) is 44.5 Å². The van der Waals surface area contributed by atoms with Crippen molar-refractivity contribution in [3.63, 3.8) is 0 Å². The molecule has 132 valence electrons. The lowest BCUT2D eigenvalue weighted by Crippen LogP contribution is -2.26. The van der Waals surface area contributed by atoms with Gasteiger partial charge >= 0.3 is 0 Å². The van der Waals surface area contributed by atoms with Crippen molar-refractivity contribution in [2.75, 3.05) is 18.1 Å². The van der Waals surface area contributed by atoms with Crippen molar-refractivity contribution in [2.24, 2.45) is 0 Å². The number of hydrogen-bond donors (Lipinski definition) is 2. The predicted molar refractivity (Wildman–Crippen MR) is 103 cm³/mol. The lowest BCUT2D eigenvalue weighted by molar-refractivity contribution is 0.0956. The summed E-state index contributed by atoms with van der Waals surface area (Å²) < 4.78 is 1.80. The number of thioether (sulfide) groups is 1. The Balaban J connectivity index is 1.76. The van der Waals surface area contributed by atoms with Crippen LogP contribution in [0.15, 0.2) is 28.9 Å². The molecule has 3 rings (SSSR count). The Morgan fingerprint density at radius 2 is 2.24 bits per heavy atom. The Hall–Kier alpha value is -2.13. The lowest BCUT2D eigenvalue weighted by Gasteiger charge is -2.11. The first-order valence-electron chi connectivity index (χ1n) is 7.94. The van der Waals surface area contributed by atoms with Gasteiger partial charge in [-0.25, -0.2) is 14.6 Å². The van der Waals surface area contributed by atoms with Gasteiger partial charge in [-0.2, -0.15) is 5.10 Å². The smallest absolute Gasteiger partial charge is 0.261 e. The van der Waals surface area contributed by atoms with Gasteiger partial charge in [0.1, 0.15) is 5.82 Å². The largest absolute Gasteiger partial charge is 0.367 e. The molecule has 7 nitrogen and oxygen atoms in total. The van der Waals surface area contributed by atoms with Crippen molar-refractivity contribution < 1.29 is 4.79 Å². The maximum Gasteiger partial charge on any atom is 0.261 e. The van der Waals surface area contributed by atoms with E-state index in [1.54, 1.807) is 10.9 Å². The van der Waals surface area contributed by atoms with Crippen molar-refractivity contribution in [2.45, 2.75) is 31.6 Å². The van der Waals surface area contributed by atoms with Gasteiger partial charge in [0, 0.05) is 12.6 Å². The molecular formula is C16H20N6OS2. The summed E-state index contributed by atoms with van der Waals surface area (Å²) >= 11 is 2.92. The van der Waals surface area contributed by atoms with Gasteiger partial charge in [0.25, 0.3) is 5.91 Å². The SMILES string of the molecule is CSc1nc(NC(C)C)c2cnn(CCNC(=O)c3cccs3)c2n1. The van der Waals surface area contributed by atoms with E-state index in [1.165, 1.54) is 23.1 Å². The zero-order valence-electron chi connectivity index (χ0n) is 14.3. The van der Waals surface area contributed by atoms with E-state index in [4.69, 9.17) is 0 Å². The number of carbonyl (C=O) groups excluding carboxylic acids is 1. The number of anilines is 1. The maximum absolute atomic E-state index is 12.0. The summed E-state index contributed by atoms with van der Waals surface area (Å²) in [7, 11) is 0. The molecule has 0 saturated heterocycles. The van der Waals surface area contributed by atoms with Gasteiger partial charge in [0.05, 0.1) is 23.0 Å². The van der Waals surface area contributed by atoms with Gasteiger partial charge in [-0.05, 0) is 31.5 Å². The second-order valence-electron chi connectivity index (χ2n) is 5.70. The quantitative estimate of drug-likeness (QED) is 0.487. The average Bonchev–Trinajstić information content (AvgIpc) is 3.24.